The van der Waals surface area contributed by atoms with Gasteiger partial charge in [0.05, 0.1) is 24.9 Å². The van der Waals surface area contributed by atoms with E-state index in [2.05, 4.69) is 15.9 Å². The van der Waals surface area contributed by atoms with Crippen LogP contribution in [0.15, 0.2) is 53.0 Å². The largest absolute Gasteiger partial charge is 0.491 e. The van der Waals surface area contributed by atoms with Crippen molar-refractivity contribution in [1.82, 2.24) is 0 Å². The van der Waals surface area contributed by atoms with Crippen LogP contribution in [0, 0.1) is 11.7 Å². The summed E-state index contributed by atoms with van der Waals surface area (Å²) >= 11 is 3.34. The van der Waals surface area contributed by atoms with Gasteiger partial charge in [0, 0.05) is 16.0 Å². The Bertz CT molecular complexity index is 700. The zero-order valence-electron chi connectivity index (χ0n) is 13.0. The van der Waals surface area contributed by atoms with E-state index < -0.39 is 23.4 Å². The maximum atomic E-state index is 14.3. The minimum atomic E-state index is -1.10. The van der Waals surface area contributed by atoms with Gasteiger partial charge in [0.15, 0.2) is 0 Å². The monoisotopic (exact) mass is 395 g/mol. The second-order valence-electron chi connectivity index (χ2n) is 5.93. The fourth-order valence-corrected chi connectivity index (χ4v) is 3.43. The first-order valence-electron chi connectivity index (χ1n) is 7.69. The lowest BCUT2D eigenvalue weighted by Gasteiger charge is -2.31. The highest BCUT2D eigenvalue weighted by molar-refractivity contribution is 9.10. The molecule has 0 unspecified atom stereocenters. The Hall–Kier alpha value is -1.47. The molecular formula is C18H19BrFNO3. The third-order valence-electron chi connectivity index (χ3n) is 4.43. The van der Waals surface area contributed by atoms with Crippen LogP contribution in [0.2, 0.25) is 0 Å². The lowest BCUT2D eigenvalue weighted by atomic mass is 9.79. The Labute approximate surface area is 148 Å². The Morgan fingerprint density at radius 1 is 1.29 bits per heavy atom. The molecule has 0 spiro atoms. The molecule has 3 atom stereocenters. The molecule has 1 aliphatic heterocycles. The molecule has 2 aromatic carbocycles. The first kappa shape index (κ1) is 17.4. The van der Waals surface area contributed by atoms with Gasteiger partial charge < -0.3 is 20.3 Å². The molecular weight excluding hydrogens is 377 g/mol. The quantitative estimate of drug-likeness (QED) is 0.816. The van der Waals surface area contributed by atoms with Crippen molar-refractivity contribution >= 4 is 15.9 Å². The van der Waals surface area contributed by atoms with Crippen molar-refractivity contribution in [2.24, 2.45) is 11.7 Å². The fourth-order valence-electron chi connectivity index (χ4n) is 3.07. The molecule has 3 rings (SSSR count). The maximum Gasteiger partial charge on any atom is 0.128 e. The molecule has 1 fully saturated rings. The van der Waals surface area contributed by atoms with Gasteiger partial charge in [-0.3, -0.25) is 0 Å². The van der Waals surface area contributed by atoms with Crippen LogP contribution in [0.3, 0.4) is 0 Å². The number of aliphatic hydroxyl groups excluding tert-OH is 1. The number of hydrogen-bond donors (Lipinski definition) is 2. The summed E-state index contributed by atoms with van der Waals surface area (Å²) in [5.41, 5.74) is 5.69. The Morgan fingerprint density at radius 2 is 2.04 bits per heavy atom. The first-order valence-corrected chi connectivity index (χ1v) is 8.48. The lowest BCUT2D eigenvalue weighted by Crippen LogP contribution is -2.48. The first-order chi connectivity index (χ1) is 11.5. The molecule has 0 saturated carbocycles. The second-order valence-corrected chi connectivity index (χ2v) is 6.84. The zero-order chi connectivity index (χ0) is 17.2. The number of halogens is 2. The number of rotatable bonds is 5. The number of nitrogens with two attached hydrogens (primary N) is 1. The second kappa shape index (κ2) is 7.19. The summed E-state index contributed by atoms with van der Waals surface area (Å²) in [6, 6.07) is 13.9. The van der Waals surface area contributed by atoms with Crippen LogP contribution in [0.1, 0.15) is 5.56 Å². The van der Waals surface area contributed by atoms with Gasteiger partial charge in [-0.2, -0.15) is 0 Å². The fraction of sp³-hybridized carbons (Fsp3) is 0.333. The molecule has 0 aliphatic carbocycles. The predicted octanol–water partition coefficient (Wildman–Crippen LogP) is 2.83. The Morgan fingerprint density at radius 3 is 2.75 bits per heavy atom. The van der Waals surface area contributed by atoms with Crippen LogP contribution < -0.4 is 10.5 Å². The number of benzene rings is 2. The highest BCUT2D eigenvalue weighted by Gasteiger charge is 2.49. The summed E-state index contributed by atoms with van der Waals surface area (Å²) in [5, 5.41) is 9.84. The van der Waals surface area contributed by atoms with E-state index >= 15 is 0 Å². The van der Waals surface area contributed by atoms with Crippen molar-refractivity contribution in [3.8, 4) is 5.75 Å². The lowest BCUT2D eigenvalue weighted by molar-refractivity contribution is 0.0346. The number of ether oxygens (including phenoxy) is 2. The normalized spacial score (nSPS) is 26.5. The number of para-hydroxylation sites is 1. The van der Waals surface area contributed by atoms with Crippen molar-refractivity contribution in [2.75, 3.05) is 19.8 Å². The van der Waals surface area contributed by atoms with Gasteiger partial charge in [-0.05, 0) is 30.3 Å². The summed E-state index contributed by atoms with van der Waals surface area (Å²) in [4.78, 5) is 0. The minimum absolute atomic E-state index is 0.119. The molecule has 0 radical (unpaired) electrons. The number of aliphatic hydroxyl groups is 1. The van der Waals surface area contributed by atoms with Crippen LogP contribution in [0.4, 0.5) is 4.39 Å². The van der Waals surface area contributed by atoms with Crippen LogP contribution in [0.5, 0.6) is 5.75 Å². The van der Waals surface area contributed by atoms with Crippen molar-refractivity contribution in [3.63, 3.8) is 0 Å². The summed E-state index contributed by atoms with van der Waals surface area (Å²) in [6.45, 7) is 0.142. The molecule has 2 aromatic rings. The molecule has 128 valence electrons. The van der Waals surface area contributed by atoms with E-state index in [-0.39, 0.29) is 19.8 Å². The average Bonchev–Trinajstić information content (AvgIpc) is 2.93. The highest BCUT2D eigenvalue weighted by Crippen LogP contribution is 2.39. The molecule has 0 aromatic heterocycles. The van der Waals surface area contributed by atoms with Crippen molar-refractivity contribution < 1.29 is 19.0 Å². The molecule has 1 heterocycles. The third-order valence-corrected chi connectivity index (χ3v) is 4.92. The molecule has 24 heavy (non-hydrogen) atoms. The summed E-state index contributed by atoms with van der Waals surface area (Å²) < 4.78 is 26.5. The van der Waals surface area contributed by atoms with E-state index in [0.29, 0.717) is 11.3 Å². The maximum absolute atomic E-state index is 14.3. The number of hydrogen-bond acceptors (Lipinski definition) is 4. The average molecular weight is 396 g/mol. The molecule has 1 aliphatic rings. The molecule has 1 saturated heterocycles. The molecule has 0 amide bonds. The van der Waals surface area contributed by atoms with Crippen LogP contribution >= 0.6 is 15.9 Å². The van der Waals surface area contributed by atoms with Gasteiger partial charge in [0.2, 0.25) is 0 Å². The highest BCUT2D eigenvalue weighted by atomic mass is 79.9. The third kappa shape index (κ3) is 3.32. The summed E-state index contributed by atoms with van der Waals surface area (Å²) in [5.74, 6) is -0.168. The molecule has 3 N–H and O–H groups in total. The van der Waals surface area contributed by atoms with E-state index in [0.717, 1.165) is 4.47 Å². The Kier molecular flexibility index (Phi) is 5.20. The van der Waals surface area contributed by atoms with E-state index in [1.807, 2.05) is 30.3 Å². The SMILES string of the molecule is N[C@@]1(c2cc(Br)ccc2F)CO[C@H](COc2ccccc2)[C@H]1CO. The minimum Gasteiger partial charge on any atom is -0.491 e. The van der Waals surface area contributed by atoms with Crippen LogP contribution in [-0.2, 0) is 10.3 Å². The van der Waals surface area contributed by atoms with E-state index in [4.69, 9.17) is 15.2 Å². The Balaban J connectivity index is 1.79. The van der Waals surface area contributed by atoms with E-state index in [1.165, 1.54) is 6.07 Å². The standard InChI is InChI=1S/C18H19BrFNO3/c19-12-6-7-16(20)14(8-12)18(21)11-24-17(15(18)9-22)10-23-13-4-2-1-3-5-13/h1-8,15,17,22H,9-11,21H2/t15-,17-,18-/m1/s1. The molecule has 6 heteroatoms. The van der Waals surface area contributed by atoms with Gasteiger partial charge in [0.1, 0.15) is 18.2 Å². The van der Waals surface area contributed by atoms with E-state index in [9.17, 15) is 9.50 Å². The van der Waals surface area contributed by atoms with Gasteiger partial charge in [-0.15, -0.1) is 0 Å². The summed E-state index contributed by atoms with van der Waals surface area (Å²) in [6.07, 6.45) is -0.418. The summed E-state index contributed by atoms with van der Waals surface area (Å²) in [7, 11) is 0. The predicted molar refractivity (Wildman–Crippen MR) is 92.2 cm³/mol. The van der Waals surface area contributed by atoms with Gasteiger partial charge in [-0.25, -0.2) is 4.39 Å². The zero-order valence-corrected chi connectivity index (χ0v) is 14.6. The van der Waals surface area contributed by atoms with Crippen LogP contribution in [-0.4, -0.2) is 31.0 Å². The van der Waals surface area contributed by atoms with Crippen molar-refractivity contribution in [1.29, 1.82) is 0 Å². The van der Waals surface area contributed by atoms with Gasteiger partial charge in [-0.1, -0.05) is 34.1 Å². The van der Waals surface area contributed by atoms with E-state index in [1.54, 1.807) is 12.1 Å². The smallest absolute Gasteiger partial charge is 0.128 e. The van der Waals surface area contributed by atoms with Gasteiger partial charge >= 0.3 is 0 Å². The van der Waals surface area contributed by atoms with Crippen LogP contribution in [0.25, 0.3) is 0 Å². The van der Waals surface area contributed by atoms with Crippen molar-refractivity contribution in [2.45, 2.75) is 11.6 Å². The molecule has 4 nitrogen and oxygen atoms in total. The topological polar surface area (TPSA) is 64.7 Å². The van der Waals surface area contributed by atoms with Gasteiger partial charge in [0.25, 0.3) is 0 Å². The molecule has 0 bridgehead atoms. The van der Waals surface area contributed by atoms with Crippen molar-refractivity contribution in [3.05, 3.63) is 64.4 Å².